The lowest BCUT2D eigenvalue weighted by Gasteiger charge is -2.11. The third kappa shape index (κ3) is 2.75. The van der Waals surface area contributed by atoms with Gasteiger partial charge >= 0.3 is 5.97 Å². The predicted octanol–water partition coefficient (Wildman–Crippen LogP) is 3.20. The van der Waals surface area contributed by atoms with Crippen LogP contribution in [0.3, 0.4) is 0 Å². The summed E-state index contributed by atoms with van der Waals surface area (Å²) in [6.07, 6.45) is -0.925. The number of Topliss-reactive ketones (excluding diaryl/α,β-unsaturated/α-hetero) is 1. The van der Waals surface area contributed by atoms with Crippen LogP contribution in [0.25, 0.3) is 10.9 Å². The van der Waals surface area contributed by atoms with Crippen molar-refractivity contribution in [2.75, 3.05) is 0 Å². The highest BCUT2D eigenvalue weighted by Gasteiger charge is 2.26. The number of esters is 1. The number of fused-ring (bicyclic) bond motifs is 1. The molecule has 0 saturated heterocycles. The normalized spacial score (nSPS) is 12.3. The summed E-state index contributed by atoms with van der Waals surface area (Å²) in [6.45, 7) is 5.07. The van der Waals surface area contributed by atoms with Crippen LogP contribution in [0.5, 0.6) is 0 Å². The Bertz CT molecular complexity index is 891. The van der Waals surface area contributed by atoms with Crippen molar-refractivity contribution in [3.05, 3.63) is 53.0 Å². The highest BCUT2D eigenvalue weighted by Crippen LogP contribution is 2.24. The molecule has 0 saturated carbocycles. The van der Waals surface area contributed by atoms with Crippen molar-refractivity contribution in [2.45, 2.75) is 26.9 Å². The molecule has 6 heteroatoms. The van der Waals surface area contributed by atoms with Crippen molar-refractivity contribution in [3.63, 3.8) is 0 Å². The van der Waals surface area contributed by atoms with E-state index in [0.29, 0.717) is 11.3 Å². The van der Waals surface area contributed by atoms with Gasteiger partial charge in [-0.3, -0.25) is 4.79 Å². The molecule has 0 amide bonds. The smallest absolute Gasteiger partial charge is 0.377 e. The second kappa shape index (κ2) is 5.72. The Morgan fingerprint density at radius 1 is 1.26 bits per heavy atom. The van der Waals surface area contributed by atoms with Gasteiger partial charge in [-0.05, 0) is 26.8 Å². The van der Waals surface area contributed by atoms with E-state index in [-0.39, 0.29) is 11.5 Å². The van der Waals surface area contributed by atoms with Gasteiger partial charge in [0.05, 0.1) is 5.69 Å². The molecule has 3 rings (SSSR count). The fourth-order valence-corrected chi connectivity index (χ4v) is 2.53. The van der Waals surface area contributed by atoms with E-state index in [1.165, 1.54) is 6.07 Å². The number of aromatic nitrogens is 2. The minimum absolute atomic E-state index is 0.0159. The predicted molar refractivity (Wildman–Crippen MR) is 83.5 cm³/mol. The van der Waals surface area contributed by atoms with Crippen LogP contribution < -0.4 is 0 Å². The number of nitrogens with zero attached hydrogens (tertiary/aromatic N) is 1. The van der Waals surface area contributed by atoms with Crippen LogP contribution in [-0.2, 0) is 4.74 Å². The summed E-state index contributed by atoms with van der Waals surface area (Å²) in [5, 5.41) is 4.44. The average Bonchev–Trinajstić information content (AvgIpc) is 3.09. The van der Waals surface area contributed by atoms with Crippen molar-refractivity contribution in [1.82, 2.24) is 10.1 Å². The molecular weight excluding hydrogens is 296 g/mol. The van der Waals surface area contributed by atoms with E-state index in [1.54, 1.807) is 13.8 Å². The summed E-state index contributed by atoms with van der Waals surface area (Å²) >= 11 is 0. The van der Waals surface area contributed by atoms with Crippen LogP contribution in [-0.4, -0.2) is 28.0 Å². The largest absolute Gasteiger partial charge is 0.448 e. The number of aromatic amines is 1. The maximum Gasteiger partial charge on any atom is 0.377 e. The van der Waals surface area contributed by atoms with Crippen molar-refractivity contribution < 1.29 is 18.8 Å². The van der Waals surface area contributed by atoms with E-state index in [9.17, 15) is 9.59 Å². The number of benzene rings is 1. The van der Waals surface area contributed by atoms with Crippen LogP contribution in [0.1, 0.15) is 39.2 Å². The Kier molecular flexibility index (Phi) is 3.73. The zero-order valence-corrected chi connectivity index (χ0v) is 13.0. The van der Waals surface area contributed by atoms with Crippen LogP contribution >= 0.6 is 0 Å². The van der Waals surface area contributed by atoms with Gasteiger partial charge in [0.25, 0.3) is 0 Å². The average molecular weight is 312 g/mol. The number of ketones is 1. The van der Waals surface area contributed by atoms with Gasteiger partial charge in [0.15, 0.2) is 6.10 Å². The third-order valence-corrected chi connectivity index (χ3v) is 3.62. The molecule has 0 bridgehead atoms. The summed E-state index contributed by atoms with van der Waals surface area (Å²) in [6, 6.07) is 8.98. The monoisotopic (exact) mass is 312 g/mol. The third-order valence-electron chi connectivity index (χ3n) is 3.62. The molecule has 0 radical (unpaired) electrons. The molecule has 23 heavy (non-hydrogen) atoms. The van der Waals surface area contributed by atoms with Crippen molar-refractivity contribution in [1.29, 1.82) is 0 Å². The topological polar surface area (TPSA) is 85.2 Å². The van der Waals surface area contributed by atoms with Gasteiger partial charge < -0.3 is 14.2 Å². The molecule has 0 aliphatic heterocycles. The van der Waals surface area contributed by atoms with Gasteiger partial charge in [0.1, 0.15) is 0 Å². The highest BCUT2D eigenvalue weighted by atomic mass is 16.6. The molecule has 0 aliphatic rings. The SMILES string of the molecule is Cc1cc(C(=O)O[C@@H](C)C(=O)c2c(C)[nH]c3ccccc23)on1. The van der Waals surface area contributed by atoms with E-state index in [0.717, 1.165) is 16.6 Å². The molecule has 0 fully saturated rings. The molecule has 0 unspecified atom stereocenters. The number of ether oxygens (including phenoxy) is 1. The molecule has 1 aromatic carbocycles. The Morgan fingerprint density at radius 3 is 2.70 bits per heavy atom. The molecule has 2 heterocycles. The Hall–Kier alpha value is -2.89. The Labute approximate surface area is 132 Å². The quantitative estimate of drug-likeness (QED) is 0.590. The van der Waals surface area contributed by atoms with E-state index in [2.05, 4.69) is 10.1 Å². The molecular formula is C17H16N2O4. The fraction of sp³-hybridized carbons (Fsp3) is 0.235. The summed E-state index contributed by atoms with van der Waals surface area (Å²) in [7, 11) is 0. The number of H-pyrrole nitrogens is 1. The van der Waals surface area contributed by atoms with E-state index < -0.39 is 12.1 Å². The maximum atomic E-state index is 12.7. The second-order valence-electron chi connectivity index (χ2n) is 5.41. The zero-order chi connectivity index (χ0) is 16.6. The fourth-order valence-electron chi connectivity index (χ4n) is 2.53. The minimum atomic E-state index is -0.925. The number of aryl methyl sites for hydroxylation is 2. The number of carbonyl (C=O) groups is 2. The highest BCUT2D eigenvalue weighted by molar-refractivity contribution is 6.11. The summed E-state index contributed by atoms with van der Waals surface area (Å²) in [5.74, 6) is -0.980. The molecule has 6 nitrogen and oxygen atoms in total. The molecule has 3 aromatic rings. The van der Waals surface area contributed by atoms with Crippen molar-refractivity contribution >= 4 is 22.7 Å². The number of hydrogen-bond acceptors (Lipinski definition) is 5. The number of carbonyl (C=O) groups excluding carboxylic acids is 2. The number of rotatable bonds is 4. The number of hydrogen-bond donors (Lipinski definition) is 1. The van der Waals surface area contributed by atoms with E-state index in [1.807, 2.05) is 31.2 Å². The van der Waals surface area contributed by atoms with E-state index >= 15 is 0 Å². The van der Waals surface area contributed by atoms with E-state index in [4.69, 9.17) is 9.26 Å². The van der Waals surface area contributed by atoms with Gasteiger partial charge in [0, 0.05) is 28.2 Å². The van der Waals surface area contributed by atoms with Crippen LogP contribution in [0.2, 0.25) is 0 Å². The first kappa shape index (κ1) is 15.0. The first-order valence-corrected chi connectivity index (χ1v) is 7.23. The standard InChI is InChI=1S/C17H16N2O4/c1-9-8-14(23-19-9)17(21)22-11(3)16(20)15-10(2)18-13-7-5-4-6-12(13)15/h4-8,11,18H,1-3H3/t11-/m0/s1. The minimum Gasteiger partial charge on any atom is -0.448 e. The summed E-state index contributed by atoms with van der Waals surface area (Å²) in [4.78, 5) is 27.8. The first-order chi connectivity index (χ1) is 11.0. The maximum absolute atomic E-state index is 12.7. The number of nitrogens with one attached hydrogen (secondary N) is 1. The van der Waals surface area contributed by atoms with Crippen LogP contribution in [0.4, 0.5) is 0 Å². The first-order valence-electron chi connectivity index (χ1n) is 7.23. The molecule has 0 spiro atoms. The molecule has 1 atom stereocenters. The van der Waals surface area contributed by atoms with Gasteiger partial charge in [-0.15, -0.1) is 0 Å². The van der Waals surface area contributed by atoms with Crippen molar-refractivity contribution in [3.8, 4) is 0 Å². The second-order valence-corrected chi connectivity index (χ2v) is 5.41. The van der Waals surface area contributed by atoms with Gasteiger partial charge in [-0.2, -0.15) is 0 Å². The number of para-hydroxylation sites is 1. The Morgan fingerprint density at radius 2 is 2.00 bits per heavy atom. The Balaban J connectivity index is 1.84. The lowest BCUT2D eigenvalue weighted by molar-refractivity contribution is 0.0281. The molecule has 2 aromatic heterocycles. The molecule has 0 aliphatic carbocycles. The lowest BCUT2D eigenvalue weighted by Crippen LogP contribution is -2.24. The zero-order valence-electron chi connectivity index (χ0n) is 13.0. The summed E-state index contributed by atoms with van der Waals surface area (Å²) in [5.41, 5.74) is 2.73. The molecule has 118 valence electrons. The van der Waals surface area contributed by atoms with Gasteiger partial charge in [-0.25, -0.2) is 4.79 Å². The molecule has 1 N–H and O–H groups in total. The van der Waals surface area contributed by atoms with Crippen LogP contribution in [0.15, 0.2) is 34.9 Å². The van der Waals surface area contributed by atoms with Crippen molar-refractivity contribution in [2.24, 2.45) is 0 Å². The van der Waals surface area contributed by atoms with Crippen LogP contribution in [0, 0.1) is 13.8 Å². The lowest BCUT2D eigenvalue weighted by atomic mass is 10.0. The van der Waals surface area contributed by atoms with Gasteiger partial charge in [-0.1, -0.05) is 23.4 Å². The summed E-state index contributed by atoms with van der Waals surface area (Å²) < 4.78 is 10.1. The van der Waals surface area contributed by atoms with Gasteiger partial charge in [0.2, 0.25) is 11.5 Å².